The molecule has 4 heteroatoms. The molecule has 18 heavy (non-hydrogen) atoms. The lowest BCUT2D eigenvalue weighted by Gasteiger charge is -2.18. The van der Waals surface area contributed by atoms with Crippen LogP contribution >= 0.6 is 0 Å². The summed E-state index contributed by atoms with van der Waals surface area (Å²) in [6.07, 6.45) is 3.85. The molecular weight excluding hydrogens is 226 g/mol. The zero-order valence-corrected chi connectivity index (χ0v) is 11.8. The van der Waals surface area contributed by atoms with Crippen LogP contribution in [0.25, 0.3) is 0 Å². The summed E-state index contributed by atoms with van der Waals surface area (Å²) in [5.74, 6) is 0.951. The topological polar surface area (TPSA) is 54.9 Å². The Morgan fingerprint density at radius 1 is 1.39 bits per heavy atom. The molecule has 1 N–H and O–H groups in total. The number of carbonyl (C=O) groups excluding carboxylic acids is 1. The Balaban J connectivity index is 2.46. The van der Waals surface area contributed by atoms with Crippen molar-refractivity contribution in [1.29, 1.82) is 0 Å². The van der Waals surface area contributed by atoms with Crippen LogP contribution in [-0.4, -0.2) is 22.3 Å². The molecule has 0 aliphatic heterocycles. The van der Waals surface area contributed by atoms with Crippen LogP contribution in [0.2, 0.25) is 0 Å². The molecule has 0 aliphatic carbocycles. The number of ketones is 1. The number of hydrogen-bond acceptors (Lipinski definition) is 4. The molecule has 0 amide bonds. The van der Waals surface area contributed by atoms with E-state index < -0.39 is 0 Å². The van der Waals surface area contributed by atoms with Gasteiger partial charge >= 0.3 is 0 Å². The first-order valence-corrected chi connectivity index (χ1v) is 6.52. The van der Waals surface area contributed by atoms with Crippen molar-refractivity contribution in [3.63, 3.8) is 0 Å². The molecule has 0 spiro atoms. The molecule has 0 atom stereocenters. The maximum absolute atomic E-state index is 11.1. The second kappa shape index (κ2) is 6.47. The predicted octanol–water partition coefficient (Wildman–Crippen LogP) is 2.95. The van der Waals surface area contributed by atoms with E-state index >= 15 is 0 Å². The summed E-state index contributed by atoms with van der Waals surface area (Å²) in [5.41, 5.74) is 1.04. The normalized spacial score (nSPS) is 11.3. The van der Waals surface area contributed by atoms with Gasteiger partial charge in [0.05, 0.1) is 5.69 Å². The van der Waals surface area contributed by atoms with Gasteiger partial charge in [-0.15, -0.1) is 0 Å². The quantitative estimate of drug-likeness (QED) is 0.787. The lowest BCUT2D eigenvalue weighted by Crippen LogP contribution is -2.16. The van der Waals surface area contributed by atoms with E-state index in [1.54, 1.807) is 6.20 Å². The van der Waals surface area contributed by atoms with Crippen LogP contribution in [0.4, 0.5) is 5.95 Å². The highest BCUT2D eigenvalue weighted by Crippen LogP contribution is 2.19. The lowest BCUT2D eigenvalue weighted by atomic mass is 9.92. The Morgan fingerprint density at radius 2 is 2.11 bits per heavy atom. The summed E-state index contributed by atoms with van der Waals surface area (Å²) in [7, 11) is 0. The van der Waals surface area contributed by atoms with Crippen molar-refractivity contribution in [2.24, 2.45) is 0 Å². The fourth-order valence-corrected chi connectivity index (χ4v) is 1.52. The van der Waals surface area contributed by atoms with Crippen LogP contribution in [0.15, 0.2) is 12.3 Å². The molecule has 0 aliphatic rings. The average Bonchev–Trinajstić information content (AvgIpc) is 2.33. The van der Waals surface area contributed by atoms with Gasteiger partial charge < -0.3 is 5.32 Å². The summed E-state index contributed by atoms with van der Waals surface area (Å²) >= 11 is 0. The first-order chi connectivity index (χ1) is 8.43. The van der Waals surface area contributed by atoms with Gasteiger partial charge in [0.1, 0.15) is 5.78 Å². The molecule has 0 radical (unpaired) electrons. The summed E-state index contributed by atoms with van der Waals surface area (Å²) in [6.45, 7) is 9.00. The van der Waals surface area contributed by atoms with E-state index in [4.69, 9.17) is 0 Å². The van der Waals surface area contributed by atoms with Gasteiger partial charge in [0.2, 0.25) is 5.95 Å². The van der Waals surface area contributed by atoms with Crippen LogP contribution < -0.4 is 5.32 Å². The Kier molecular flexibility index (Phi) is 5.25. The largest absolute Gasteiger partial charge is 0.354 e. The monoisotopic (exact) mass is 249 g/mol. The summed E-state index contributed by atoms with van der Waals surface area (Å²) in [5, 5.41) is 3.16. The van der Waals surface area contributed by atoms with E-state index in [-0.39, 0.29) is 5.41 Å². The van der Waals surface area contributed by atoms with Crippen molar-refractivity contribution < 1.29 is 4.79 Å². The van der Waals surface area contributed by atoms with Crippen molar-refractivity contribution >= 4 is 11.7 Å². The second-order valence-electron chi connectivity index (χ2n) is 5.44. The third-order valence-electron chi connectivity index (χ3n) is 2.73. The smallest absolute Gasteiger partial charge is 0.222 e. The molecule has 0 saturated heterocycles. The fraction of sp³-hybridized carbons (Fsp3) is 0.643. The Bertz CT molecular complexity index is 396. The van der Waals surface area contributed by atoms with Crippen LogP contribution in [0.1, 0.15) is 52.7 Å². The highest BCUT2D eigenvalue weighted by Gasteiger charge is 2.15. The molecule has 1 aromatic rings. The van der Waals surface area contributed by atoms with Crippen LogP contribution in [-0.2, 0) is 10.2 Å². The molecule has 1 rings (SSSR count). The predicted molar refractivity (Wildman–Crippen MR) is 73.8 cm³/mol. The van der Waals surface area contributed by atoms with Crippen LogP contribution in [0, 0.1) is 0 Å². The van der Waals surface area contributed by atoms with Gasteiger partial charge in [0, 0.05) is 31.0 Å². The molecule has 0 fully saturated rings. The molecule has 0 unspecified atom stereocenters. The van der Waals surface area contributed by atoms with Crippen molar-refractivity contribution in [3.05, 3.63) is 18.0 Å². The molecular formula is C14H23N3O. The average molecular weight is 249 g/mol. The van der Waals surface area contributed by atoms with Crippen molar-refractivity contribution in [1.82, 2.24) is 9.97 Å². The lowest BCUT2D eigenvalue weighted by molar-refractivity contribution is -0.118. The number of nitrogens with one attached hydrogen (secondary N) is 1. The first-order valence-electron chi connectivity index (χ1n) is 6.52. The number of nitrogens with zero attached hydrogens (tertiary/aromatic N) is 2. The van der Waals surface area contributed by atoms with Crippen molar-refractivity contribution in [2.45, 2.75) is 52.4 Å². The zero-order valence-electron chi connectivity index (χ0n) is 11.8. The van der Waals surface area contributed by atoms with Gasteiger partial charge in [-0.1, -0.05) is 27.7 Å². The van der Waals surface area contributed by atoms with Gasteiger partial charge in [0.25, 0.3) is 0 Å². The highest BCUT2D eigenvalue weighted by atomic mass is 16.1. The fourth-order valence-electron chi connectivity index (χ4n) is 1.52. The standard InChI is InChI=1S/C14H23N3O/c1-5-11(18)7-6-9-15-13-16-10-8-12(17-13)14(2,3)4/h8,10H,5-7,9H2,1-4H3,(H,15,16,17). The number of anilines is 1. The molecule has 0 saturated carbocycles. The zero-order chi connectivity index (χ0) is 13.6. The Hall–Kier alpha value is -1.45. The molecule has 1 aromatic heterocycles. The Labute approximate surface area is 109 Å². The number of rotatable bonds is 6. The minimum absolute atomic E-state index is 0.0253. The van der Waals surface area contributed by atoms with E-state index in [1.807, 2.05) is 13.0 Å². The third kappa shape index (κ3) is 4.82. The van der Waals surface area contributed by atoms with E-state index in [0.29, 0.717) is 24.6 Å². The molecule has 100 valence electrons. The molecule has 0 bridgehead atoms. The number of carbonyl (C=O) groups is 1. The van der Waals surface area contributed by atoms with E-state index in [1.165, 1.54) is 0 Å². The Morgan fingerprint density at radius 3 is 2.72 bits per heavy atom. The molecule has 1 heterocycles. The summed E-state index contributed by atoms with van der Waals surface area (Å²) < 4.78 is 0. The maximum atomic E-state index is 11.1. The second-order valence-corrected chi connectivity index (χ2v) is 5.44. The van der Waals surface area contributed by atoms with E-state index in [9.17, 15) is 4.79 Å². The van der Waals surface area contributed by atoms with E-state index in [0.717, 1.165) is 18.7 Å². The molecule has 0 aromatic carbocycles. The van der Waals surface area contributed by atoms with Crippen LogP contribution in [0.5, 0.6) is 0 Å². The van der Waals surface area contributed by atoms with Crippen molar-refractivity contribution in [3.8, 4) is 0 Å². The van der Waals surface area contributed by atoms with Gasteiger partial charge in [-0.05, 0) is 12.5 Å². The van der Waals surface area contributed by atoms with E-state index in [2.05, 4.69) is 36.1 Å². The summed E-state index contributed by atoms with van der Waals surface area (Å²) in [6, 6.07) is 1.94. The molecule has 4 nitrogen and oxygen atoms in total. The first kappa shape index (κ1) is 14.6. The van der Waals surface area contributed by atoms with Gasteiger partial charge in [-0.2, -0.15) is 0 Å². The number of aromatic nitrogens is 2. The van der Waals surface area contributed by atoms with Gasteiger partial charge in [-0.3, -0.25) is 4.79 Å². The van der Waals surface area contributed by atoms with Gasteiger partial charge in [-0.25, -0.2) is 9.97 Å². The number of Topliss-reactive ketones (excluding diaryl/α,β-unsaturated/α-hetero) is 1. The highest BCUT2D eigenvalue weighted by molar-refractivity contribution is 5.77. The van der Waals surface area contributed by atoms with Gasteiger partial charge in [0.15, 0.2) is 0 Å². The minimum Gasteiger partial charge on any atom is -0.354 e. The summed E-state index contributed by atoms with van der Waals surface area (Å²) in [4.78, 5) is 19.8. The third-order valence-corrected chi connectivity index (χ3v) is 2.73. The minimum atomic E-state index is 0.0253. The SMILES string of the molecule is CCC(=O)CCCNc1nccc(C(C)(C)C)n1. The van der Waals surface area contributed by atoms with Crippen LogP contribution in [0.3, 0.4) is 0 Å². The van der Waals surface area contributed by atoms with Crippen molar-refractivity contribution in [2.75, 3.05) is 11.9 Å². The number of hydrogen-bond donors (Lipinski definition) is 1. The maximum Gasteiger partial charge on any atom is 0.222 e.